The minimum absolute atomic E-state index is 0.0492. The van der Waals surface area contributed by atoms with Crippen molar-refractivity contribution in [2.75, 3.05) is 6.54 Å². The number of nitrogens with one attached hydrogen (secondary N) is 1. The molecule has 0 aliphatic carbocycles. The average Bonchev–Trinajstić information content (AvgIpc) is 3.03. The maximum Gasteiger partial charge on any atom is 0.249 e. The quantitative estimate of drug-likeness (QED) is 0.116. The van der Waals surface area contributed by atoms with Crippen LogP contribution in [0.25, 0.3) is 11.1 Å². The highest BCUT2D eigenvalue weighted by Gasteiger charge is 2.35. The topological polar surface area (TPSA) is 131 Å². The minimum atomic E-state index is -1.21. The molecule has 0 bridgehead atoms. The van der Waals surface area contributed by atoms with Crippen LogP contribution in [0, 0.1) is 11.6 Å². The molecule has 4 rings (SSSR count). The zero-order valence-corrected chi connectivity index (χ0v) is 27.3. The van der Waals surface area contributed by atoms with Crippen molar-refractivity contribution in [3.05, 3.63) is 123 Å². The zero-order chi connectivity index (χ0) is 34.1. The predicted octanol–water partition coefficient (Wildman–Crippen LogP) is 6.17. The van der Waals surface area contributed by atoms with E-state index in [0.29, 0.717) is 48.9 Å². The van der Waals surface area contributed by atoms with Gasteiger partial charge in [0.25, 0.3) is 0 Å². The van der Waals surface area contributed by atoms with E-state index in [9.17, 15) is 23.5 Å². The molecule has 248 valence electrons. The van der Waals surface area contributed by atoms with Gasteiger partial charge in [0.15, 0.2) is 0 Å². The Kier molecular flexibility index (Phi) is 12.3. The molecule has 2 amide bonds. The number of aromatic nitrogens is 1. The summed E-state index contributed by atoms with van der Waals surface area (Å²) in [5.41, 5.74) is 17.9. The molecule has 0 aliphatic heterocycles. The Morgan fingerprint density at radius 1 is 0.830 bits per heavy atom. The van der Waals surface area contributed by atoms with Crippen molar-refractivity contribution in [1.29, 1.82) is 0 Å². The van der Waals surface area contributed by atoms with E-state index in [0.717, 1.165) is 23.6 Å². The monoisotopic (exact) mass is 642 g/mol. The number of carbonyl (C=O) groups is 2. The third-order valence-electron chi connectivity index (χ3n) is 8.50. The van der Waals surface area contributed by atoms with E-state index < -0.39 is 35.5 Å². The van der Waals surface area contributed by atoms with Gasteiger partial charge in [-0.3, -0.25) is 14.6 Å². The number of pyridine rings is 1. The lowest BCUT2D eigenvalue weighted by atomic mass is 9.74. The van der Waals surface area contributed by atoms with Gasteiger partial charge < -0.3 is 21.9 Å². The van der Waals surface area contributed by atoms with Crippen LogP contribution < -0.4 is 16.8 Å². The first-order valence-corrected chi connectivity index (χ1v) is 16.2. The molecule has 0 radical (unpaired) electrons. The molecule has 4 aromatic rings. The third-order valence-corrected chi connectivity index (χ3v) is 8.50. The Labute approximate surface area is 275 Å². The smallest absolute Gasteiger partial charge is 0.249 e. The number of amides is 2. The van der Waals surface area contributed by atoms with Crippen LogP contribution in [0.5, 0.6) is 0 Å². The van der Waals surface area contributed by atoms with Crippen molar-refractivity contribution < 1.29 is 23.5 Å². The van der Waals surface area contributed by atoms with Gasteiger partial charge in [-0.1, -0.05) is 57.9 Å². The summed E-state index contributed by atoms with van der Waals surface area (Å²) < 4.78 is 28.9. The molecule has 6 N–H and O–H groups in total. The van der Waals surface area contributed by atoms with Crippen molar-refractivity contribution in [3.63, 3.8) is 0 Å². The van der Waals surface area contributed by atoms with E-state index in [4.69, 9.17) is 11.5 Å². The van der Waals surface area contributed by atoms with E-state index in [1.165, 1.54) is 17.7 Å². The first kappa shape index (κ1) is 35.4. The molecule has 0 spiro atoms. The van der Waals surface area contributed by atoms with Crippen molar-refractivity contribution >= 4 is 11.8 Å². The van der Waals surface area contributed by atoms with Crippen LogP contribution in [0.1, 0.15) is 93.6 Å². The number of halogens is 2. The largest absolute Gasteiger partial charge is 0.391 e. The van der Waals surface area contributed by atoms with Gasteiger partial charge >= 0.3 is 0 Å². The number of carbonyl (C=O) groups excluding carboxylic acids is 2. The molecule has 9 heteroatoms. The summed E-state index contributed by atoms with van der Waals surface area (Å²) in [6, 6.07) is 14.8. The molecule has 1 aromatic heterocycles. The van der Waals surface area contributed by atoms with Crippen molar-refractivity contribution in [3.8, 4) is 11.1 Å². The standard InChI is InChI=1S/C38H44F2N4O3/c1-4-8-29-33(26-12-14-43-15-13-26)30(9-5-2)36(38(42)47)34(35(29)37(41)46)31(19-25-17-27(39)20-28(40)18-25)32(45)22-44-21-24-11-7-10-23(6-3)16-24/h7,10-18,20,31-32,44-45H,4-6,8-9,19,21-22H2,1-3H3,(H2,41,46)(H2,42,47)/t31-,32+/m1/s1. The van der Waals surface area contributed by atoms with E-state index in [1.807, 2.05) is 44.2 Å². The summed E-state index contributed by atoms with van der Waals surface area (Å²) in [6.45, 7) is 6.51. The fraction of sp³-hybridized carbons (Fsp3) is 0.342. The molecule has 2 atom stereocenters. The number of hydrogen-bond donors (Lipinski definition) is 4. The second kappa shape index (κ2) is 16.4. The van der Waals surface area contributed by atoms with Gasteiger partial charge in [-0.15, -0.1) is 0 Å². The number of aryl methyl sites for hydroxylation is 1. The molecule has 3 aromatic carbocycles. The Hall–Kier alpha value is -4.47. The number of rotatable bonds is 16. The number of benzene rings is 3. The molecule has 0 aliphatic rings. The molecule has 7 nitrogen and oxygen atoms in total. The number of aliphatic hydroxyl groups is 1. The highest BCUT2D eigenvalue weighted by Crippen LogP contribution is 2.42. The Morgan fingerprint density at radius 3 is 1.94 bits per heavy atom. The fourth-order valence-electron chi connectivity index (χ4n) is 6.56. The molecule has 47 heavy (non-hydrogen) atoms. The number of nitrogens with two attached hydrogens (primary N) is 2. The van der Waals surface area contributed by atoms with Gasteiger partial charge in [-0.2, -0.15) is 0 Å². The lowest BCUT2D eigenvalue weighted by Gasteiger charge is -2.31. The van der Waals surface area contributed by atoms with Crippen LogP contribution in [0.3, 0.4) is 0 Å². The van der Waals surface area contributed by atoms with Crippen LogP contribution in [-0.4, -0.2) is 34.6 Å². The Bertz CT molecular complexity index is 1650. The van der Waals surface area contributed by atoms with Crippen LogP contribution in [0.2, 0.25) is 0 Å². The van der Waals surface area contributed by atoms with Crippen molar-refractivity contribution in [1.82, 2.24) is 10.3 Å². The number of hydrogen-bond acceptors (Lipinski definition) is 5. The Morgan fingerprint density at radius 2 is 1.40 bits per heavy atom. The van der Waals surface area contributed by atoms with Crippen molar-refractivity contribution in [2.24, 2.45) is 11.5 Å². The zero-order valence-electron chi connectivity index (χ0n) is 27.3. The molecular weight excluding hydrogens is 598 g/mol. The molecule has 0 saturated heterocycles. The summed E-state index contributed by atoms with van der Waals surface area (Å²) in [6.07, 6.45) is 5.05. The molecule has 1 heterocycles. The summed E-state index contributed by atoms with van der Waals surface area (Å²) in [5.74, 6) is -4.10. The van der Waals surface area contributed by atoms with Gasteiger partial charge in [0.05, 0.1) is 6.10 Å². The first-order valence-electron chi connectivity index (χ1n) is 16.2. The van der Waals surface area contributed by atoms with Gasteiger partial charge in [0, 0.05) is 48.6 Å². The van der Waals surface area contributed by atoms with Gasteiger partial charge in [0.2, 0.25) is 11.8 Å². The second-order valence-electron chi connectivity index (χ2n) is 11.9. The molecule has 0 fully saturated rings. The van der Waals surface area contributed by atoms with E-state index >= 15 is 0 Å². The number of primary amides is 2. The Balaban J connectivity index is 1.97. The minimum Gasteiger partial charge on any atom is -0.391 e. The average molecular weight is 643 g/mol. The van der Waals surface area contributed by atoms with Crippen molar-refractivity contribution in [2.45, 2.75) is 77.9 Å². The lowest BCUT2D eigenvalue weighted by Crippen LogP contribution is -2.36. The molecule has 0 saturated carbocycles. The number of aliphatic hydroxyl groups excluding tert-OH is 1. The van der Waals surface area contributed by atoms with E-state index in [-0.39, 0.29) is 35.2 Å². The van der Waals surface area contributed by atoms with E-state index in [2.05, 4.69) is 23.3 Å². The highest BCUT2D eigenvalue weighted by atomic mass is 19.1. The summed E-state index contributed by atoms with van der Waals surface area (Å²) >= 11 is 0. The van der Waals surface area contributed by atoms with Gasteiger partial charge in [0.1, 0.15) is 11.6 Å². The van der Waals surface area contributed by atoms with E-state index in [1.54, 1.807) is 12.4 Å². The summed E-state index contributed by atoms with van der Waals surface area (Å²) in [7, 11) is 0. The maximum atomic E-state index is 14.5. The maximum absolute atomic E-state index is 14.5. The summed E-state index contributed by atoms with van der Waals surface area (Å²) in [4.78, 5) is 31.2. The SMILES string of the molecule is CCCc1c(C(N)=O)c([C@H](Cc2cc(F)cc(F)c2)[C@@H](O)CNCc2cccc(CC)c2)c(C(N)=O)c(CCC)c1-c1ccncc1. The molecular formula is C38H44F2N4O3. The first-order chi connectivity index (χ1) is 22.6. The second-order valence-corrected chi connectivity index (χ2v) is 11.9. The highest BCUT2D eigenvalue weighted by molar-refractivity contribution is 6.06. The van der Waals surface area contributed by atoms with Gasteiger partial charge in [-0.05, 0) is 94.5 Å². The van der Waals surface area contributed by atoms with Gasteiger partial charge in [-0.25, -0.2) is 8.78 Å². The molecule has 0 unspecified atom stereocenters. The van der Waals surface area contributed by atoms with Crippen LogP contribution in [-0.2, 0) is 32.2 Å². The third kappa shape index (κ3) is 8.47. The fourth-order valence-corrected chi connectivity index (χ4v) is 6.56. The lowest BCUT2D eigenvalue weighted by molar-refractivity contribution is 0.0990. The normalized spacial score (nSPS) is 12.6. The predicted molar refractivity (Wildman–Crippen MR) is 181 cm³/mol. The summed E-state index contributed by atoms with van der Waals surface area (Å²) in [5, 5.41) is 15.2. The van der Waals surface area contributed by atoms with Crippen LogP contribution in [0.15, 0.2) is 67.0 Å². The van der Waals surface area contributed by atoms with Crippen LogP contribution in [0.4, 0.5) is 8.78 Å². The van der Waals surface area contributed by atoms with Crippen LogP contribution >= 0.6 is 0 Å². The number of nitrogens with zero attached hydrogens (tertiary/aromatic N) is 1.